The highest BCUT2D eigenvalue weighted by molar-refractivity contribution is 9.10. The number of aromatic nitrogens is 1. The molecule has 1 aromatic heterocycles. The van der Waals surface area contributed by atoms with E-state index >= 15 is 0 Å². The molecule has 0 spiro atoms. The highest BCUT2D eigenvalue weighted by Gasteiger charge is 2.21. The zero-order valence-corrected chi connectivity index (χ0v) is 18.1. The van der Waals surface area contributed by atoms with Crippen molar-refractivity contribution in [3.63, 3.8) is 0 Å². The zero-order chi connectivity index (χ0) is 21.2. The quantitative estimate of drug-likeness (QED) is 0.518. The summed E-state index contributed by atoms with van der Waals surface area (Å²) in [7, 11) is -4.23. The third-order valence-electron chi connectivity index (χ3n) is 3.87. The molecule has 0 atom stereocenters. The molecule has 0 unspecified atom stereocenters. The maximum absolute atomic E-state index is 14.2. The van der Waals surface area contributed by atoms with Crippen molar-refractivity contribution in [3.05, 3.63) is 81.3 Å². The van der Waals surface area contributed by atoms with Crippen LogP contribution in [0.1, 0.15) is 16.1 Å². The third kappa shape index (κ3) is 5.11. The largest absolute Gasteiger partial charge is 0.322 e. The molecule has 3 rings (SSSR count). The maximum Gasteiger partial charge on any atom is 0.264 e. The molecule has 6 nitrogen and oxygen atoms in total. The summed E-state index contributed by atoms with van der Waals surface area (Å²) >= 11 is 9.03. The van der Waals surface area contributed by atoms with Gasteiger partial charge >= 0.3 is 0 Å². The highest BCUT2D eigenvalue weighted by atomic mass is 79.9. The van der Waals surface area contributed by atoms with E-state index < -0.39 is 26.6 Å². The van der Waals surface area contributed by atoms with E-state index in [1.807, 2.05) is 0 Å². The lowest BCUT2D eigenvalue weighted by molar-refractivity contribution is 0.102. The SMILES string of the molecule is Cc1ncc(Br)cc1C(=O)Nc1ccc(F)c(S(=O)(=O)Nc2ccc(Cl)cc2)c1. The van der Waals surface area contributed by atoms with Gasteiger partial charge < -0.3 is 5.32 Å². The summed E-state index contributed by atoms with van der Waals surface area (Å²) in [5.41, 5.74) is 1.13. The number of aryl methyl sites for hydroxylation is 1. The molecule has 1 amide bonds. The minimum Gasteiger partial charge on any atom is -0.322 e. The van der Waals surface area contributed by atoms with Gasteiger partial charge in [-0.2, -0.15) is 0 Å². The van der Waals surface area contributed by atoms with E-state index in [9.17, 15) is 17.6 Å². The molecule has 0 fully saturated rings. The third-order valence-corrected chi connectivity index (χ3v) is 5.96. The molecule has 3 aromatic rings. The van der Waals surface area contributed by atoms with Gasteiger partial charge in [0.2, 0.25) is 0 Å². The number of pyridine rings is 1. The molecule has 10 heteroatoms. The first-order chi connectivity index (χ1) is 13.7. The number of carbonyl (C=O) groups excluding carboxylic acids is 1. The number of halogens is 3. The van der Waals surface area contributed by atoms with E-state index in [0.29, 0.717) is 20.8 Å². The van der Waals surface area contributed by atoms with E-state index in [0.717, 1.165) is 12.1 Å². The van der Waals surface area contributed by atoms with Gasteiger partial charge in [-0.05, 0) is 71.4 Å². The summed E-state index contributed by atoms with van der Waals surface area (Å²) in [4.78, 5) is 16.0. The Hall–Kier alpha value is -2.49. The fourth-order valence-corrected chi connectivity index (χ4v) is 4.07. The molecular weight excluding hydrogens is 485 g/mol. The van der Waals surface area contributed by atoms with E-state index in [1.165, 1.54) is 30.3 Å². The number of benzene rings is 2. The Bertz CT molecular complexity index is 1190. The molecule has 2 N–H and O–H groups in total. The molecule has 0 aliphatic rings. The number of anilines is 2. The van der Waals surface area contributed by atoms with Crippen LogP contribution in [-0.4, -0.2) is 19.3 Å². The molecule has 1 heterocycles. The monoisotopic (exact) mass is 497 g/mol. The molecule has 0 radical (unpaired) electrons. The first-order valence-corrected chi connectivity index (χ1v) is 10.8. The number of amides is 1. The molecule has 0 aliphatic carbocycles. The molecule has 29 heavy (non-hydrogen) atoms. The maximum atomic E-state index is 14.2. The lowest BCUT2D eigenvalue weighted by Crippen LogP contribution is -2.17. The van der Waals surface area contributed by atoms with Crippen LogP contribution < -0.4 is 10.0 Å². The smallest absolute Gasteiger partial charge is 0.264 e. The topological polar surface area (TPSA) is 88.2 Å². The van der Waals surface area contributed by atoms with Gasteiger partial charge in [-0.15, -0.1) is 0 Å². The summed E-state index contributed by atoms with van der Waals surface area (Å²) in [6, 6.07) is 10.8. The summed E-state index contributed by atoms with van der Waals surface area (Å²) in [6.07, 6.45) is 1.55. The van der Waals surface area contributed by atoms with E-state index in [4.69, 9.17) is 11.6 Å². The van der Waals surface area contributed by atoms with Crippen LogP contribution in [0.15, 0.2) is 64.1 Å². The lowest BCUT2D eigenvalue weighted by atomic mass is 10.2. The fourth-order valence-electron chi connectivity index (χ4n) is 2.45. The van der Waals surface area contributed by atoms with Gasteiger partial charge in [0.1, 0.15) is 10.7 Å². The molecular formula is C19H14BrClFN3O3S. The Morgan fingerprint density at radius 2 is 1.76 bits per heavy atom. The summed E-state index contributed by atoms with van der Waals surface area (Å²) in [6.45, 7) is 1.66. The lowest BCUT2D eigenvalue weighted by Gasteiger charge is -2.12. The Morgan fingerprint density at radius 1 is 1.10 bits per heavy atom. The van der Waals surface area contributed by atoms with Crippen molar-refractivity contribution in [2.45, 2.75) is 11.8 Å². The van der Waals surface area contributed by atoms with Crippen molar-refractivity contribution in [1.29, 1.82) is 0 Å². The van der Waals surface area contributed by atoms with Crippen LogP contribution >= 0.6 is 27.5 Å². The average Bonchev–Trinajstić information content (AvgIpc) is 2.66. The van der Waals surface area contributed by atoms with Gasteiger partial charge in [-0.25, -0.2) is 12.8 Å². The Labute approximate surface area is 180 Å². The Kier molecular flexibility index (Phi) is 6.21. The van der Waals surface area contributed by atoms with Crippen LogP contribution in [-0.2, 0) is 10.0 Å². The summed E-state index contributed by atoms with van der Waals surface area (Å²) < 4.78 is 42.3. The molecule has 150 valence electrons. The Balaban J connectivity index is 1.88. The van der Waals surface area contributed by atoms with Crippen LogP contribution in [0.4, 0.5) is 15.8 Å². The van der Waals surface area contributed by atoms with Gasteiger partial charge in [-0.1, -0.05) is 11.6 Å². The molecule has 2 aromatic carbocycles. The Morgan fingerprint density at radius 3 is 2.45 bits per heavy atom. The van der Waals surface area contributed by atoms with Crippen molar-refractivity contribution >= 4 is 54.8 Å². The van der Waals surface area contributed by atoms with Crippen molar-refractivity contribution in [2.24, 2.45) is 0 Å². The second-order valence-corrected chi connectivity index (χ2v) is 9.00. The predicted octanol–water partition coefficient (Wildman–Crippen LogP) is 5.00. The van der Waals surface area contributed by atoms with Gasteiger partial charge in [0.25, 0.3) is 15.9 Å². The molecule has 0 saturated carbocycles. The number of nitrogens with one attached hydrogen (secondary N) is 2. The van der Waals surface area contributed by atoms with Crippen LogP contribution in [0.3, 0.4) is 0 Å². The number of nitrogens with zero attached hydrogens (tertiary/aromatic N) is 1. The minimum atomic E-state index is -4.23. The van der Waals surface area contributed by atoms with Crippen LogP contribution in [0.25, 0.3) is 0 Å². The first-order valence-electron chi connectivity index (χ1n) is 8.17. The van der Waals surface area contributed by atoms with Gasteiger partial charge in [0.05, 0.1) is 11.3 Å². The number of rotatable bonds is 5. The van der Waals surface area contributed by atoms with Crippen LogP contribution in [0, 0.1) is 12.7 Å². The first kappa shape index (κ1) is 21.2. The van der Waals surface area contributed by atoms with Crippen LogP contribution in [0.5, 0.6) is 0 Å². The summed E-state index contributed by atoms with van der Waals surface area (Å²) in [5.74, 6) is -1.46. The van der Waals surface area contributed by atoms with E-state index in [2.05, 4.69) is 31.0 Å². The van der Waals surface area contributed by atoms with Gasteiger partial charge in [-0.3, -0.25) is 14.5 Å². The highest BCUT2D eigenvalue weighted by Crippen LogP contribution is 2.24. The van der Waals surface area contributed by atoms with Crippen molar-refractivity contribution in [1.82, 2.24) is 4.98 Å². The fraction of sp³-hybridized carbons (Fsp3) is 0.0526. The predicted molar refractivity (Wildman–Crippen MR) is 113 cm³/mol. The standard InChI is InChI=1S/C19H14BrClFN3O3S/c1-11-16(8-12(20)10-23-11)19(26)24-15-6-7-17(22)18(9-15)29(27,28)25-14-4-2-13(21)3-5-14/h2-10,25H,1H3,(H,24,26). The van der Waals surface area contributed by atoms with Gasteiger partial charge in [0.15, 0.2) is 0 Å². The number of carbonyl (C=O) groups is 1. The second-order valence-electron chi connectivity index (χ2n) is 6.00. The average molecular weight is 499 g/mol. The minimum absolute atomic E-state index is 0.118. The molecule has 0 aliphatic heterocycles. The van der Waals surface area contributed by atoms with Crippen molar-refractivity contribution in [3.8, 4) is 0 Å². The zero-order valence-electron chi connectivity index (χ0n) is 14.9. The number of sulfonamides is 1. The van der Waals surface area contributed by atoms with Gasteiger partial charge in [0, 0.05) is 27.1 Å². The van der Waals surface area contributed by atoms with Crippen molar-refractivity contribution < 1.29 is 17.6 Å². The van der Waals surface area contributed by atoms with E-state index in [1.54, 1.807) is 19.2 Å². The number of hydrogen-bond donors (Lipinski definition) is 2. The van der Waals surface area contributed by atoms with Crippen molar-refractivity contribution in [2.75, 3.05) is 10.0 Å². The molecule has 0 saturated heterocycles. The number of hydrogen-bond acceptors (Lipinski definition) is 4. The second kappa shape index (κ2) is 8.48. The van der Waals surface area contributed by atoms with Crippen LogP contribution in [0.2, 0.25) is 5.02 Å². The molecule has 0 bridgehead atoms. The summed E-state index contributed by atoms with van der Waals surface area (Å²) in [5, 5.41) is 2.99. The normalized spacial score (nSPS) is 11.2. The van der Waals surface area contributed by atoms with E-state index in [-0.39, 0.29) is 11.4 Å².